The van der Waals surface area contributed by atoms with Crippen LogP contribution in [0.1, 0.15) is 11.1 Å². The number of halogens is 6. The zero-order valence-corrected chi connectivity index (χ0v) is 9.62. The van der Waals surface area contributed by atoms with E-state index in [1.54, 1.807) is 0 Å². The molecular weight excluding hydrogens is 302 g/mol. The molecule has 0 saturated carbocycles. The number of nitrogen functional groups attached to an aromatic ring is 1. The van der Waals surface area contributed by atoms with Gasteiger partial charge in [0.25, 0.3) is 0 Å². The molecule has 4 N–H and O–H groups in total. The Bertz CT molecular complexity index is 570. The molecule has 0 heterocycles. The molecule has 1 aromatic carbocycles. The number of sulfonamides is 1. The highest BCUT2D eigenvalue weighted by Gasteiger charge is 2.41. The first-order chi connectivity index (χ1) is 8.24. The number of rotatable bonds is 1. The Kier molecular flexibility index (Phi) is 3.50. The Hall–Kier alpha value is -1.49. The van der Waals surface area contributed by atoms with Crippen LogP contribution in [0.3, 0.4) is 0 Å². The first kappa shape index (κ1) is 15.6. The minimum atomic E-state index is -5.25. The number of hydrogen-bond donors (Lipinski definition) is 2. The fraction of sp³-hybridized carbons (Fsp3) is 0.250. The lowest BCUT2D eigenvalue weighted by atomic mass is 10.1. The van der Waals surface area contributed by atoms with Crippen LogP contribution < -0.4 is 10.9 Å². The molecule has 0 aliphatic carbocycles. The van der Waals surface area contributed by atoms with Crippen LogP contribution in [0, 0.1) is 0 Å². The SMILES string of the molecule is Nc1c(C(F)(F)F)cc(S(N)(=O)=O)cc1C(F)(F)F. The van der Waals surface area contributed by atoms with Crippen molar-refractivity contribution in [1.82, 2.24) is 0 Å². The monoisotopic (exact) mass is 308 g/mol. The molecule has 0 aliphatic heterocycles. The minimum Gasteiger partial charge on any atom is -0.398 e. The van der Waals surface area contributed by atoms with Crippen molar-refractivity contribution in [2.75, 3.05) is 5.73 Å². The van der Waals surface area contributed by atoms with E-state index in [2.05, 4.69) is 5.14 Å². The van der Waals surface area contributed by atoms with Gasteiger partial charge in [-0.05, 0) is 12.1 Å². The zero-order valence-electron chi connectivity index (χ0n) is 8.80. The number of primary sulfonamides is 1. The lowest BCUT2D eigenvalue weighted by Crippen LogP contribution is -2.20. The second-order valence-corrected chi connectivity index (χ2v) is 5.03. The van der Waals surface area contributed by atoms with Gasteiger partial charge in [0.05, 0.1) is 21.7 Å². The average Bonchev–Trinajstić information content (AvgIpc) is 2.11. The Labute approximate surface area is 103 Å². The van der Waals surface area contributed by atoms with Gasteiger partial charge in [-0.25, -0.2) is 13.6 Å². The number of nitrogens with two attached hydrogens (primary N) is 2. The second kappa shape index (κ2) is 4.27. The molecule has 0 aliphatic rings. The van der Waals surface area contributed by atoms with Gasteiger partial charge in [-0.15, -0.1) is 0 Å². The Morgan fingerprint density at radius 2 is 1.21 bits per heavy atom. The summed E-state index contributed by atoms with van der Waals surface area (Å²) < 4.78 is 96.8. The smallest absolute Gasteiger partial charge is 0.398 e. The standard InChI is InChI=1S/C8H6F6N2O2S/c9-7(10,11)4-1-3(19(16,17)18)2-5(6(4)15)8(12,13)14/h1-2H,15H2,(H2,16,17,18). The predicted octanol–water partition coefficient (Wildman–Crippen LogP) is 1.95. The summed E-state index contributed by atoms with van der Waals surface area (Å²) in [5.41, 5.74) is -0.634. The van der Waals surface area contributed by atoms with Gasteiger partial charge in [0.1, 0.15) is 0 Å². The van der Waals surface area contributed by atoms with E-state index < -0.39 is 44.1 Å². The van der Waals surface area contributed by atoms with Crippen molar-refractivity contribution < 1.29 is 34.8 Å². The van der Waals surface area contributed by atoms with Crippen LogP contribution in [0.25, 0.3) is 0 Å². The van der Waals surface area contributed by atoms with E-state index in [1.165, 1.54) is 0 Å². The van der Waals surface area contributed by atoms with Gasteiger partial charge in [-0.1, -0.05) is 0 Å². The highest BCUT2D eigenvalue weighted by molar-refractivity contribution is 7.89. The minimum absolute atomic E-state index is 0.0418. The van der Waals surface area contributed by atoms with Crippen LogP contribution in [0.5, 0.6) is 0 Å². The van der Waals surface area contributed by atoms with Gasteiger partial charge in [-0.2, -0.15) is 26.3 Å². The quantitative estimate of drug-likeness (QED) is 0.614. The topological polar surface area (TPSA) is 86.2 Å². The van der Waals surface area contributed by atoms with Crippen molar-refractivity contribution in [3.63, 3.8) is 0 Å². The van der Waals surface area contributed by atoms with Crippen LogP contribution >= 0.6 is 0 Å². The van der Waals surface area contributed by atoms with Crippen molar-refractivity contribution in [3.8, 4) is 0 Å². The van der Waals surface area contributed by atoms with E-state index in [0.29, 0.717) is 0 Å². The van der Waals surface area contributed by atoms with E-state index >= 15 is 0 Å². The van der Waals surface area contributed by atoms with E-state index in [1.807, 2.05) is 0 Å². The Morgan fingerprint density at radius 1 is 0.895 bits per heavy atom. The molecule has 0 atom stereocenters. The molecule has 0 bridgehead atoms. The summed E-state index contributed by atoms with van der Waals surface area (Å²) in [4.78, 5) is -1.32. The normalized spacial score (nSPS) is 13.6. The molecule has 1 aromatic rings. The summed E-state index contributed by atoms with van der Waals surface area (Å²) >= 11 is 0. The fourth-order valence-electron chi connectivity index (χ4n) is 1.26. The van der Waals surface area contributed by atoms with E-state index in [9.17, 15) is 34.8 Å². The molecule has 19 heavy (non-hydrogen) atoms. The van der Waals surface area contributed by atoms with Crippen LogP contribution in [-0.4, -0.2) is 8.42 Å². The third-order valence-electron chi connectivity index (χ3n) is 2.09. The van der Waals surface area contributed by atoms with Crippen molar-refractivity contribution in [2.24, 2.45) is 5.14 Å². The van der Waals surface area contributed by atoms with Crippen molar-refractivity contribution in [2.45, 2.75) is 17.2 Å². The predicted molar refractivity (Wildman–Crippen MR) is 52.2 cm³/mol. The number of hydrogen-bond acceptors (Lipinski definition) is 3. The molecule has 0 radical (unpaired) electrons. The van der Waals surface area contributed by atoms with Gasteiger partial charge in [-0.3, -0.25) is 0 Å². The van der Waals surface area contributed by atoms with Crippen LogP contribution in [0.15, 0.2) is 17.0 Å². The largest absolute Gasteiger partial charge is 0.418 e. The van der Waals surface area contributed by atoms with Crippen molar-refractivity contribution >= 4 is 15.7 Å². The molecule has 4 nitrogen and oxygen atoms in total. The van der Waals surface area contributed by atoms with Crippen molar-refractivity contribution in [1.29, 1.82) is 0 Å². The van der Waals surface area contributed by atoms with Crippen LogP contribution in [0.4, 0.5) is 32.0 Å². The lowest BCUT2D eigenvalue weighted by molar-refractivity contribution is -0.142. The number of anilines is 1. The summed E-state index contributed by atoms with van der Waals surface area (Å²) in [5, 5.41) is 4.53. The maximum absolute atomic E-state index is 12.5. The molecule has 0 amide bonds. The van der Waals surface area contributed by atoms with Gasteiger partial charge in [0.15, 0.2) is 0 Å². The molecule has 0 spiro atoms. The molecule has 0 saturated heterocycles. The Morgan fingerprint density at radius 3 is 1.42 bits per heavy atom. The zero-order chi connectivity index (χ0) is 15.2. The van der Waals surface area contributed by atoms with E-state index in [-0.39, 0.29) is 12.1 Å². The molecule has 0 aromatic heterocycles. The van der Waals surface area contributed by atoms with Gasteiger partial charge < -0.3 is 5.73 Å². The van der Waals surface area contributed by atoms with Crippen molar-refractivity contribution in [3.05, 3.63) is 23.3 Å². The summed E-state index contributed by atoms with van der Waals surface area (Å²) in [6.07, 6.45) is -10.5. The highest BCUT2D eigenvalue weighted by Crippen LogP contribution is 2.42. The third-order valence-corrected chi connectivity index (χ3v) is 2.99. The molecule has 0 unspecified atom stereocenters. The van der Waals surface area contributed by atoms with E-state index in [4.69, 9.17) is 5.73 Å². The molecular formula is C8H6F6N2O2S. The first-order valence-electron chi connectivity index (χ1n) is 4.35. The second-order valence-electron chi connectivity index (χ2n) is 3.47. The van der Waals surface area contributed by atoms with Crippen LogP contribution in [0.2, 0.25) is 0 Å². The number of alkyl halides is 6. The summed E-state index contributed by atoms with van der Waals surface area (Å²) in [6.45, 7) is 0. The summed E-state index contributed by atoms with van der Waals surface area (Å²) in [7, 11) is -4.74. The average molecular weight is 308 g/mol. The fourth-order valence-corrected chi connectivity index (χ4v) is 1.82. The van der Waals surface area contributed by atoms with E-state index in [0.717, 1.165) is 0 Å². The van der Waals surface area contributed by atoms with Gasteiger partial charge >= 0.3 is 12.4 Å². The first-order valence-corrected chi connectivity index (χ1v) is 5.90. The Balaban J connectivity index is 3.78. The number of benzene rings is 1. The van der Waals surface area contributed by atoms with Gasteiger partial charge in [0, 0.05) is 0 Å². The molecule has 11 heteroatoms. The molecule has 108 valence electrons. The lowest BCUT2D eigenvalue weighted by Gasteiger charge is -2.17. The maximum atomic E-state index is 12.5. The molecule has 1 rings (SSSR count). The maximum Gasteiger partial charge on any atom is 0.418 e. The third kappa shape index (κ3) is 3.29. The van der Waals surface area contributed by atoms with Gasteiger partial charge in [0.2, 0.25) is 10.0 Å². The highest BCUT2D eigenvalue weighted by atomic mass is 32.2. The summed E-state index contributed by atoms with van der Waals surface area (Å²) in [6, 6.07) is -0.0835. The summed E-state index contributed by atoms with van der Waals surface area (Å²) in [5.74, 6) is 0. The molecule has 0 fully saturated rings. The van der Waals surface area contributed by atoms with Crippen LogP contribution in [-0.2, 0) is 22.4 Å².